The van der Waals surface area contributed by atoms with Gasteiger partial charge in [-0.05, 0) is 5.56 Å². The topological polar surface area (TPSA) is 76.9 Å². The van der Waals surface area contributed by atoms with Crippen LogP contribution in [-0.4, -0.2) is 36.2 Å². The zero-order valence-electron chi connectivity index (χ0n) is 11.7. The molecule has 2 atom stereocenters. The lowest BCUT2D eigenvalue weighted by Crippen LogP contribution is -2.29. The fourth-order valence-electron chi connectivity index (χ4n) is 2.46. The van der Waals surface area contributed by atoms with Crippen molar-refractivity contribution in [3.8, 4) is 0 Å². The number of nitrogens with one attached hydrogen (secondary N) is 1. The highest BCUT2D eigenvalue weighted by molar-refractivity contribution is 7.89. The summed E-state index contributed by atoms with van der Waals surface area (Å²) in [6, 6.07) is 8.43. The maximum atomic E-state index is 14.1. The number of hydrogen-bond acceptors (Lipinski definition) is 4. The molecule has 1 aromatic carbocycles. The summed E-state index contributed by atoms with van der Waals surface area (Å²) in [5.74, 6) is -0.115. The molecule has 0 fully saturated rings. The summed E-state index contributed by atoms with van der Waals surface area (Å²) in [4.78, 5) is 3.68. The van der Waals surface area contributed by atoms with Gasteiger partial charge in [0.2, 0.25) is 0 Å². The first-order chi connectivity index (χ1) is 10.9. The van der Waals surface area contributed by atoms with E-state index < -0.39 is 40.4 Å². The van der Waals surface area contributed by atoms with Crippen LogP contribution in [0.15, 0.2) is 35.5 Å². The molecule has 0 bridgehead atoms. The van der Waals surface area contributed by atoms with Crippen LogP contribution >= 0.6 is 0 Å². The van der Waals surface area contributed by atoms with Crippen LogP contribution in [-0.2, 0) is 10.0 Å². The smallest absolute Gasteiger partial charge is 0.239 e. The highest BCUT2D eigenvalue weighted by Crippen LogP contribution is 2.39. The SMILES string of the molecule is O=S(=O)(NCC(F)F)c1nc2n(n1)[C@H](c1ccccc1)C[C@@H]2F. The molecule has 23 heavy (non-hydrogen) atoms. The average Bonchev–Trinajstić information content (AvgIpc) is 3.08. The van der Waals surface area contributed by atoms with Crippen LogP contribution in [0.25, 0.3) is 0 Å². The largest absolute Gasteiger partial charge is 0.282 e. The van der Waals surface area contributed by atoms with Crippen molar-refractivity contribution < 1.29 is 21.6 Å². The summed E-state index contributed by atoms with van der Waals surface area (Å²) < 4.78 is 65.1. The van der Waals surface area contributed by atoms with Gasteiger partial charge in [0, 0.05) is 6.42 Å². The number of fused-ring (bicyclic) bond motifs is 1. The summed E-state index contributed by atoms with van der Waals surface area (Å²) in [6.07, 6.45) is -4.21. The molecule has 3 rings (SSSR count). The van der Waals surface area contributed by atoms with E-state index in [9.17, 15) is 21.6 Å². The molecule has 0 saturated carbocycles. The third-order valence-electron chi connectivity index (χ3n) is 3.50. The van der Waals surface area contributed by atoms with Gasteiger partial charge in [-0.25, -0.2) is 31.0 Å². The highest BCUT2D eigenvalue weighted by Gasteiger charge is 2.37. The lowest BCUT2D eigenvalue weighted by Gasteiger charge is -2.11. The molecule has 0 spiro atoms. The molecular weight excluding hydrogens is 333 g/mol. The lowest BCUT2D eigenvalue weighted by atomic mass is 10.0. The van der Waals surface area contributed by atoms with E-state index in [2.05, 4.69) is 10.1 Å². The maximum absolute atomic E-state index is 14.1. The van der Waals surface area contributed by atoms with Gasteiger partial charge in [0.15, 0.2) is 12.0 Å². The van der Waals surface area contributed by atoms with Crippen molar-refractivity contribution in [2.24, 2.45) is 0 Å². The van der Waals surface area contributed by atoms with Crippen molar-refractivity contribution in [3.63, 3.8) is 0 Å². The molecule has 0 radical (unpaired) electrons. The van der Waals surface area contributed by atoms with Crippen molar-refractivity contribution in [1.82, 2.24) is 19.5 Å². The van der Waals surface area contributed by atoms with E-state index in [4.69, 9.17) is 0 Å². The van der Waals surface area contributed by atoms with Gasteiger partial charge >= 0.3 is 0 Å². The number of halogens is 3. The molecule has 2 aromatic rings. The fourth-order valence-corrected chi connectivity index (χ4v) is 3.35. The molecule has 124 valence electrons. The van der Waals surface area contributed by atoms with Crippen LogP contribution in [0, 0.1) is 0 Å². The Kier molecular flexibility index (Phi) is 4.11. The molecule has 2 heterocycles. The molecule has 1 aromatic heterocycles. The van der Waals surface area contributed by atoms with Gasteiger partial charge in [-0.2, -0.15) is 4.98 Å². The van der Waals surface area contributed by atoms with E-state index in [1.807, 2.05) is 0 Å². The van der Waals surface area contributed by atoms with Crippen LogP contribution in [0.2, 0.25) is 0 Å². The lowest BCUT2D eigenvalue weighted by molar-refractivity contribution is 0.153. The first-order valence-electron chi connectivity index (χ1n) is 6.82. The quantitative estimate of drug-likeness (QED) is 0.896. The van der Waals surface area contributed by atoms with E-state index in [0.717, 1.165) is 5.56 Å². The molecule has 1 aliphatic rings. The minimum atomic E-state index is -4.30. The Hall–Kier alpha value is -1.94. The summed E-state index contributed by atoms with van der Waals surface area (Å²) in [5, 5.41) is 3.12. The van der Waals surface area contributed by atoms with Crippen LogP contribution in [0.3, 0.4) is 0 Å². The average molecular weight is 346 g/mol. The number of hydrogen-bond donors (Lipinski definition) is 1. The van der Waals surface area contributed by atoms with Gasteiger partial charge in [0.25, 0.3) is 21.6 Å². The van der Waals surface area contributed by atoms with Crippen molar-refractivity contribution in [2.75, 3.05) is 6.54 Å². The summed E-state index contributed by atoms with van der Waals surface area (Å²) in [5.41, 5.74) is 0.767. The Balaban J connectivity index is 1.93. The second-order valence-electron chi connectivity index (χ2n) is 5.07. The van der Waals surface area contributed by atoms with Crippen LogP contribution in [0.5, 0.6) is 0 Å². The Morgan fingerprint density at radius 3 is 2.65 bits per heavy atom. The van der Waals surface area contributed by atoms with Gasteiger partial charge in [-0.3, -0.25) is 0 Å². The number of aromatic nitrogens is 3. The maximum Gasteiger partial charge on any atom is 0.282 e. The predicted molar refractivity (Wildman–Crippen MR) is 74.3 cm³/mol. The number of alkyl halides is 3. The second-order valence-corrected chi connectivity index (χ2v) is 6.73. The van der Waals surface area contributed by atoms with E-state index in [0.29, 0.717) is 0 Å². The molecule has 6 nitrogen and oxygen atoms in total. The molecule has 0 unspecified atom stereocenters. The number of benzene rings is 1. The minimum Gasteiger partial charge on any atom is -0.239 e. The third kappa shape index (κ3) is 3.08. The Morgan fingerprint density at radius 1 is 1.30 bits per heavy atom. The van der Waals surface area contributed by atoms with E-state index >= 15 is 0 Å². The Bertz CT molecular complexity index is 795. The van der Waals surface area contributed by atoms with Gasteiger partial charge in [-0.15, -0.1) is 5.10 Å². The predicted octanol–water partition coefficient (Wildman–Crippen LogP) is 1.83. The van der Waals surface area contributed by atoms with Crippen molar-refractivity contribution in [3.05, 3.63) is 41.7 Å². The monoisotopic (exact) mass is 346 g/mol. The number of sulfonamides is 1. The number of rotatable bonds is 5. The first kappa shape index (κ1) is 15.9. The molecule has 10 heteroatoms. The molecule has 0 saturated heterocycles. The second kappa shape index (κ2) is 5.93. The van der Waals surface area contributed by atoms with Gasteiger partial charge < -0.3 is 0 Å². The van der Waals surface area contributed by atoms with Crippen molar-refractivity contribution >= 4 is 10.0 Å². The van der Waals surface area contributed by atoms with Gasteiger partial charge in [0.05, 0.1) is 12.6 Å². The van der Waals surface area contributed by atoms with E-state index in [1.54, 1.807) is 35.1 Å². The van der Waals surface area contributed by atoms with Crippen LogP contribution in [0.4, 0.5) is 13.2 Å². The highest BCUT2D eigenvalue weighted by atomic mass is 32.2. The molecular formula is C13H13F3N4O2S. The number of nitrogens with zero attached hydrogens (tertiary/aromatic N) is 3. The van der Waals surface area contributed by atoms with Gasteiger partial charge in [0.1, 0.15) is 0 Å². The van der Waals surface area contributed by atoms with Gasteiger partial charge in [-0.1, -0.05) is 30.3 Å². The summed E-state index contributed by atoms with van der Waals surface area (Å²) >= 11 is 0. The van der Waals surface area contributed by atoms with E-state index in [-0.39, 0.29) is 12.2 Å². The summed E-state index contributed by atoms with van der Waals surface area (Å²) in [6.45, 7) is -1.05. The zero-order chi connectivity index (χ0) is 16.6. The fraction of sp³-hybridized carbons (Fsp3) is 0.385. The van der Waals surface area contributed by atoms with Crippen LogP contribution in [0.1, 0.15) is 30.0 Å². The standard InChI is InChI=1S/C13H13F3N4O2S/c14-9-6-10(8-4-2-1-3-5-8)20-12(9)18-13(19-20)23(21,22)17-7-11(15)16/h1-5,9-11,17H,6-7H2/t9-,10-/m0/s1. The molecule has 1 N–H and O–H groups in total. The zero-order valence-corrected chi connectivity index (χ0v) is 12.5. The van der Waals surface area contributed by atoms with Crippen molar-refractivity contribution in [1.29, 1.82) is 0 Å². The van der Waals surface area contributed by atoms with Crippen LogP contribution < -0.4 is 4.72 Å². The summed E-state index contributed by atoms with van der Waals surface area (Å²) in [7, 11) is -4.30. The molecule has 0 amide bonds. The molecule has 0 aliphatic carbocycles. The Labute approximate surface area is 130 Å². The third-order valence-corrected chi connectivity index (χ3v) is 4.70. The molecule has 1 aliphatic heterocycles. The minimum absolute atomic E-state index is 0.101. The van der Waals surface area contributed by atoms with Crippen molar-refractivity contribution in [2.45, 2.75) is 30.2 Å². The Morgan fingerprint density at radius 2 is 2.00 bits per heavy atom. The first-order valence-corrected chi connectivity index (χ1v) is 8.30. The van der Waals surface area contributed by atoms with E-state index in [1.165, 1.54) is 4.68 Å². The normalized spacial score (nSPS) is 20.9.